The molecular weight excluding hydrogens is 230 g/mol. The summed E-state index contributed by atoms with van der Waals surface area (Å²) in [5, 5.41) is 12.4. The number of benzene rings is 1. The van der Waals surface area contributed by atoms with Gasteiger partial charge in [-0.05, 0) is 18.9 Å². The van der Waals surface area contributed by atoms with Crippen LogP contribution in [-0.2, 0) is 15.0 Å². The fourth-order valence-corrected chi connectivity index (χ4v) is 2.97. The van der Waals surface area contributed by atoms with Crippen molar-refractivity contribution in [2.45, 2.75) is 18.3 Å². The number of rotatable bonds is 1. The van der Waals surface area contributed by atoms with Gasteiger partial charge in [-0.25, -0.2) is 0 Å². The number of amides is 2. The van der Waals surface area contributed by atoms with Gasteiger partial charge in [0.05, 0.1) is 5.92 Å². The Labute approximate surface area is 104 Å². The van der Waals surface area contributed by atoms with Gasteiger partial charge in [0.1, 0.15) is 11.2 Å². The Morgan fingerprint density at radius 3 is 2.83 bits per heavy atom. The quantitative estimate of drug-likeness (QED) is 0.576. The van der Waals surface area contributed by atoms with E-state index in [9.17, 15) is 14.7 Å². The molecule has 4 nitrogen and oxygen atoms in total. The summed E-state index contributed by atoms with van der Waals surface area (Å²) in [7, 11) is 0. The number of carbonyl (C=O) groups excluding carboxylic acids is 2. The van der Waals surface area contributed by atoms with Crippen LogP contribution >= 0.6 is 0 Å². The zero-order valence-corrected chi connectivity index (χ0v) is 9.72. The van der Waals surface area contributed by atoms with Crippen molar-refractivity contribution in [3.8, 4) is 5.75 Å². The molecule has 1 aliphatic heterocycles. The SMILES string of the molecule is O=C1NC(=O)C2(c3ccccc3O)C=CCCC12. The first-order valence-electron chi connectivity index (χ1n) is 5.98. The molecule has 1 heterocycles. The molecule has 2 aliphatic rings. The highest BCUT2D eigenvalue weighted by atomic mass is 16.3. The fraction of sp³-hybridized carbons (Fsp3) is 0.286. The molecule has 0 bridgehead atoms. The van der Waals surface area contributed by atoms with Gasteiger partial charge in [0, 0.05) is 5.56 Å². The minimum atomic E-state index is -1.03. The van der Waals surface area contributed by atoms with Crippen LogP contribution in [0.15, 0.2) is 36.4 Å². The van der Waals surface area contributed by atoms with E-state index in [1.807, 2.05) is 6.08 Å². The summed E-state index contributed by atoms with van der Waals surface area (Å²) in [5.74, 6) is -0.940. The average Bonchev–Trinajstić information content (AvgIpc) is 2.63. The summed E-state index contributed by atoms with van der Waals surface area (Å²) in [6.07, 6.45) is 5.07. The number of nitrogens with one attached hydrogen (secondary N) is 1. The molecule has 4 heteroatoms. The largest absolute Gasteiger partial charge is 0.508 e. The Balaban J connectivity index is 2.25. The molecule has 2 atom stereocenters. The monoisotopic (exact) mass is 243 g/mol. The van der Waals surface area contributed by atoms with Gasteiger partial charge in [-0.15, -0.1) is 0 Å². The number of imide groups is 1. The van der Waals surface area contributed by atoms with Gasteiger partial charge >= 0.3 is 0 Å². The van der Waals surface area contributed by atoms with Crippen molar-refractivity contribution < 1.29 is 14.7 Å². The van der Waals surface area contributed by atoms with Crippen molar-refractivity contribution in [1.82, 2.24) is 5.32 Å². The van der Waals surface area contributed by atoms with Crippen LogP contribution in [0.5, 0.6) is 5.75 Å². The van der Waals surface area contributed by atoms with Gasteiger partial charge in [-0.1, -0.05) is 30.4 Å². The van der Waals surface area contributed by atoms with E-state index < -0.39 is 11.3 Å². The molecule has 18 heavy (non-hydrogen) atoms. The topological polar surface area (TPSA) is 66.4 Å². The second-order valence-electron chi connectivity index (χ2n) is 4.74. The number of allylic oxidation sites excluding steroid dienone is 1. The van der Waals surface area contributed by atoms with Crippen molar-refractivity contribution in [3.63, 3.8) is 0 Å². The highest BCUT2D eigenvalue weighted by molar-refractivity contribution is 6.12. The van der Waals surface area contributed by atoms with Crippen molar-refractivity contribution in [2.24, 2.45) is 5.92 Å². The van der Waals surface area contributed by atoms with E-state index in [-0.39, 0.29) is 17.6 Å². The molecule has 2 unspecified atom stereocenters. The second-order valence-corrected chi connectivity index (χ2v) is 4.74. The van der Waals surface area contributed by atoms with Crippen molar-refractivity contribution in [3.05, 3.63) is 42.0 Å². The summed E-state index contributed by atoms with van der Waals surface area (Å²) in [4.78, 5) is 24.1. The normalized spacial score (nSPS) is 30.1. The molecule has 1 aromatic carbocycles. The van der Waals surface area contributed by atoms with Gasteiger partial charge < -0.3 is 5.11 Å². The van der Waals surface area contributed by atoms with E-state index in [4.69, 9.17) is 0 Å². The number of hydrogen-bond donors (Lipinski definition) is 2. The number of hydrogen-bond acceptors (Lipinski definition) is 3. The maximum atomic E-state index is 12.2. The third-order valence-electron chi connectivity index (χ3n) is 3.83. The smallest absolute Gasteiger partial charge is 0.242 e. The van der Waals surface area contributed by atoms with E-state index in [2.05, 4.69) is 5.32 Å². The molecule has 1 aliphatic carbocycles. The van der Waals surface area contributed by atoms with Gasteiger partial charge in [-0.2, -0.15) is 0 Å². The van der Waals surface area contributed by atoms with Crippen LogP contribution in [0.1, 0.15) is 18.4 Å². The number of phenolic OH excluding ortho intramolecular Hbond substituents is 1. The van der Waals surface area contributed by atoms with Gasteiger partial charge in [0.15, 0.2) is 0 Å². The lowest BCUT2D eigenvalue weighted by Gasteiger charge is -2.31. The van der Waals surface area contributed by atoms with Gasteiger partial charge in [0.2, 0.25) is 11.8 Å². The lowest BCUT2D eigenvalue weighted by molar-refractivity contribution is -0.126. The number of aromatic hydroxyl groups is 1. The number of phenols is 1. The molecule has 0 spiro atoms. The zero-order valence-electron chi connectivity index (χ0n) is 9.72. The molecule has 1 saturated heterocycles. The molecule has 92 valence electrons. The Hall–Kier alpha value is -2.10. The predicted molar refractivity (Wildman–Crippen MR) is 64.8 cm³/mol. The first kappa shape index (κ1) is 11.0. The third kappa shape index (κ3) is 1.26. The predicted octanol–water partition coefficient (Wildman–Crippen LogP) is 1.25. The molecule has 2 N–H and O–H groups in total. The Morgan fingerprint density at radius 1 is 1.28 bits per heavy atom. The van der Waals surface area contributed by atoms with E-state index >= 15 is 0 Å². The van der Waals surface area contributed by atoms with E-state index in [0.717, 1.165) is 6.42 Å². The van der Waals surface area contributed by atoms with Crippen molar-refractivity contribution in [1.29, 1.82) is 0 Å². The van der Waals surface area contributed by atoms with Crippen LogP contribution in [0.25, 0.3) is 0 Å². The van der Waals surface area contributed by atoms with Crippen LogP contribution in [0.4, 0.5) is 0 Å². The molecular formula is C14H13NO3. The van der Waals surface area contributed by atoms with Gasteiger partial charge in [0.25, 0.3) is 0 Å². The molecule has 3 rings (SSSR count). The first-order chi connectivity index (χ1) is 8.66. The maximum absolute atomic E-state index is 12.2. The highest BCUT2D eigenvalue weighted by Crippen LogP contribution is 2.46. The van der Waals surface area contributed by atoms with E-state index in [1.165, 1.54) is 0 Å². The molecule has 2 amide bonds. The van der Waals surface area contributed by atoms with Crippen LogP contribution in [0.2, 0.25) is 0 Å². The van der Waals surface area contributed by atoms with E-state index in [1.54, 1.807) is 30.3 Å². The van der Waals surface area contributed by atoms with Crippen molar-refractivity contribution >= 4 is 11.8 Å². The van der Waals surface area contributed by atoms with Crippen LogP contribution in [-0.4, -0.2) is 16.9 Å². The fourth-order valence-electron chi connectivity index (χ4n) is 2.97. The molecule has 0 aromatic heterocycles. The number of carbonyl (C=O) groups is 2. The lowest BCUT2D eigenvalue weighted by atomic mass is 9.67. The summed E-state index contributed by atoms with van der Waals surface area (Å²) in [6, 6.07) is 6.71. The molecule has 0 radical (unpaired) electrons. The summed E-state index contributed by atoms with van der Waals surface area (Å²) in [5.41, 5.74) is -0.518. The average molecular weight is 243 g/mol. The Bertz CT molecular complexity index is 564. The van der Waals surface area contributed by atoms with E-state index in [0.29, 0.717) is 12.0 Å². The molecule has 0 saturated carbocycles. The molecule has 1 fully saturated rings. The molecule has 1 aromatic rings. The minimum Gasteiger partial charge on any atom is -0.508 e. The summed E-state index contributed by atoms with van der Waals surface area (Å²) < 4.78 is 0. The zero-order chi connectivity index (χ0) is 12.8. The van der Waals surface area contributed by atoms with Crippen molar-refractivity contribution in [2.75, 3.05) is 0 Å². The first-order valence-corrected chi connectivity index (χ1v) is 5.98. The Morgan fingerprint density at radius 2 is 2.06 bits per heavy atom. The Kier molecular flexibility index (Phi) is 2.26. The third-order valence-corrected chi connectivity index (χ3v) is 3.83. The van der Waals surface area contributed by atoms with Crippen LogP contribution in [0.3, 0.4) is 0 Å². The standard InChI is InChI=1S/C14H13NO3/c16-11-7-2-1-5-9(11)14-8-4-3-6-10(14)12(17)15-13(14)18/h1-2,4-5,7-8,10,16H,3,6H2,(H,15,17,18). The van der Waals surface area contributed by atoms with Crippen LogP contribution in [0, 0.1) is 5.92 Å². The van der Waals surface area contributed by atoms with Gasteiger partial charge in [-0.3, -0.25) is 14.9 Å². The highest BCUT2D eigenvalue weighted by Gasteiger charge is 2.56. The summed E-state index contributed by atoms with van der Waals surface area (Å²) in [6.45, 7) is 0. The number of para-hydroxylation sites is 1. The maximum Gasteiger partial charge on any atom is 0.242 e. The summed E-state index contributed by atoms with van der Waals surface area (Å²) >= 11 is 0. The lowest BCUT2D eigenvalue weighted by Crippen LogP contribution is -2.39. The minimum absolute atomic E-state index is 0.0545. The van der Waals surface area contributed by atoms with Crippen LogP contribution < -0.4 is 5.32 Å². The second kappa shape index (κ2) is 3.70. The number of fused-ring (bicyclic) bond motifs is 1.